The zero-order valence-corrected chi connectivity index (χ0v) is 18.4. The molecule has 7 heteroatoms. The Bertz CT molecular complexity index is 668. The van der Waals surface area contributed by atoms with Crippen LogP contribution in [0.25, 0.3) is 0 Å². The molecule has 1 aromatic carbocycles. The van der Waals surface area contributed by atoms with Crippen LogP contribution in [0, 0.1) is 6.92 Å². The van der Waals surface area contributed by atoms with Crippen molar-refractivity contribution in [3.8, 4) is 0 Å². The van der Waals surface area contributed by atoms with E-state index in [4.69, 9.17) is 4.52 Å². The van der Waals surface area contributed by atoms with Gasteiger partial charge in [0.15, 0.2) is 11.8 Å². The number of guanidine groups is 1. The Morgan fingerprint density at radius 1 is 1.15 bits per heavy atom. The number of hydrogen-bond acceptors (Lipinski definition) is 4. The highest BCUT2D eigenvalue weighted by atomic mass is 127. The fourth-order valence-corrected chi connectivity index (χ4v) is 3.00. The van der Waals surface area contributed by atoms with Crippen LogP contribution in [0.15, 0.2) is 39.8 Å². The molecule has 0 spiro atoms. The van der Waals surface area contributed by atoms with Crippen LogP contribution in [-0.2, 0) is 11.8 Å². The van der Waals surface area contributed by atoms with E-state index in [0.29, 0.717) is 24.7 Å². The molecule has 0 saturated carbocycles. The van der Waals surface area contributed by atoms with Gasteiger partial charge in [-0.1, -0.05) is 49.3 Å². The molecule has 0 aliphatic heterocycles. The van der Waals surface area contributed by atoms with Gasteiger partial charge in [-0.3, -0.25) is 4.99 Å². The van der Waals surface area contributed by atoms with E-state index in [0.717, 1.165) is 25.3 Å². The molecule has 1 aromatic heterocycles. The van der Waals surface area contributed by atoms with Crippen LogP contribution in [0.1, 0.15) is 44.0 Å². The third-order valence-electron chi connectivity index (χ3n) is 4.76. The molecule has 0 radical (unpaired) electrons. The van der Waals surface area contributed by atoms with Gasteiger partial charge < -0.3 is 15.2 Å². The predicted octanol–water partition coefficient (Wildman–Crippen LogP) is 3.46. The molecule has 0 unspecified atom stereocenters. The molecular weight excluding hydrogens is 441 g/mol. The summed E-state index contributed by atoms with van der Waals surface area (Å²) in [6.07, 6.45) is 2.81. The van der Waals surface area contributed by atoms with Crippen LogP contribution < -0.4 is 10.6 Å². The molecule has 0 bridgehead atoms. The summed E-state index contributed by atoms with van der Waals surface area (Å²) < 4.78 is 5.13. The highest BCUT2D eigenvalue weighted by molar-refractivity contribution is 14.0. The molecule has 0 aliphatic rings. The number of aromatic nitrogens is 2. The first kappa shape index (κ1) is 22.4. The highest BCUT2D eigenvalue weighted by Crippen LogP contribution is 2.30. The zero-order valence-electron chi connectivity index (χ0n) is 16.1. The van der Waals surface area contributed by atoms with Crippen molar-refractivity contribution < 1.29 is 4.52 Å². The molecular formula is C19H30IN5O. The minimum absolute atomic E-state index is 0. The fraction of sp³-hybridized carbons (Fsp3) is 0.526. The quantitative estimate of drug-likeness (QED) is 0.351. The van der Waals surface area contributed by atoms with Gasteiger partial charge in [0.1, 0.15) is 0 Å². The molecule has 2 aromatic rings. The van der Waals surface area contributed by atoms with Crippen LogP contribution >= 0.6 is 24.0 Å². The Morgan fingerprint density at radius 3 is 2.38 bits per heavy atom. The monoisotopic (exact) mass is 471 g/mol. The molecule has 2 rings (SSSR count). The Hall–Kier alpha value is -1.64. The first-order valence-electron chi connectivity index (χ1n) is 8.92. The minimum Gasteiger partial charge on any atom is -0.356 e. The highest BCUT2D eigenvalue weighted by Gasteiger charge is 2.28. The van der Waals surface area contributed by atoms with E-state index < -0.39 is 0 Å². The number of aliphatic imine (C=N–C) groups is 1. The van der Waals surface area contributed by atoms with E-state index in [1.165, 1.54) is 5.56 Å². The maximum Gasteiger partial charge on any atom is 0.228 e. The number of rotatable bonds is 8. The molecule has 0 amide bonds. The fourth-order valence-electron chi connectivity index (χ4n) is 3.00. The normalized spacial score (nSPS) is 11.8. The van der Waals surface area contributed by atoms with Gasteiger partial charge in [-0.2, -0.15) is 4.98 Å². The average Bonchev–Trinajstić information content (AvgIpc) is 3.07. The van der Waals surface area contributed by atoms with Crippen LogP contribution in [-0.4, -0.2) is 36.2 Å². The van der Waals surface area contributed by atoms with Gasteiger partial charge in [0.2, 0.25) is 5.89 Å². The van der Waals surface area contributed by atoms with Crippen molar-refractivity contribution in [1.29, 1.82) is 0 Å². The molecule has 0 aliphatic carbocycles. The van der Waals surface area contributed by atoms with E-state index in [2.05, 4.69) is 69.9 Å². The molecule has 1 heterocycles. The second-order valence-electron chi connectivity index (χ2n) is 6.19. The van der Waals surface area contributed by atoms with Crippen molar-refractivity contribution in [2.75, 3.05) is 20.1 Å². The van der Waals surface area contributed by atoms with E-state index >= 15 is 0 Å². The first-order valence-corrected chi connectivity index (χ1v) is 8.92. The van der Waals surface area contributed by atoms with Crippen molar-refractivity contribution in [3.63, 3.8) is 0 Å². The Labute approximate surface area is 173 Å². The topological polar surface area (TPSA) is 75.3 Å². The molecule has 2 N–H and O–H groups in total. The van der Waals surface area contributed by atoms with Crippen LogP contribution in [0.2, 0.25) is 0 Å². The molecule has 0 fully saturated rings. The van der Waals surface area contributed by atoms with Gasteiger partial charge in [-0.15, -0.1) is 24.0 Å². The van der Waals surface area contributed by atoms with E-state index in [-0.39, 0.29) is 29.4 Å². The van der Waals surface area contributed by atoms with Gasteiger partial charge in [0, 0.05) is 32.0 Å². The largest absolute Gasteiger partial charge is 0.356 e. The molecule has 0 saturated heterocycles. The van der Waals surface area contributed by atoms with E-state index in [1.807, 2.05) is 6.92 Å². The SMILES string of the molecule is CCC(CC)(CNC(=NC)NCCc1nc(C)no1)c1ccccc1.I. The second-order valence-corrected chi connectivity index (χ2v) is 6.19. The summed E-state index contributed by atoms with van der Waals surface area (Å²) in [6, 6.07) is 10.7. The van der Waals surface area contributed by atoms with Crippen LogP contribution in [0.4, 0.5) is 0 Å². The number of nitrogens with one attached hydrogen (secondary N) is 2. The third-order valence-corrected chi connectivity index (χ3v) is 4.76. The van der Waals surface area contributed by atoms with Crippen molar-refractivity contribution in [1.82, 2.24) is 20.8 Å². The number of hydrogen-bond donors (Lipinski definition) is 2. The summed E-state index contributed by atoms with van der Waals surface area (Å²) >= 11 is 0. The maximum atomic E-state index is 5.13. The van der Waals surface area contributed by atoms with Gasteiger partial charge in [0.25, 0.3) is 0 Å². The van der Waals surface area contributed by atoms with E-state index in [1.54, 1.807) is 7.05 Å². The number of nitrogens with zero attached hydrogens (tertiary/aromatic N) is 3. The van der Waals surface area contributed by atoms with Crippen LogP contribution in [0.5, 0.6) is 0 Å². The van der Waals surface area contributed by atoms with Crippen molar-refractivity contribution in [2.45, 2.75) is 45.4 Å². The Kier molecular flexibility index (Phi) is 9.61. The molecule has 0 atom stereocenters. The summed E-state index contributed by atoms with van der Waals surface area (Å²) in [5.41, 5.74) is 1.46. The van der Waals surface area contributed by atoms with Crippen molar-refractivity contribution in [2.24, 2.45) is 4.99 Å². The first-order chi connectivity index (χ1) is 12.1. The maximum absolute atomic E-state index is 5.13. The lowest BCUT2D eigenvalue weighted by Gasteiger charge is -2.33. The lowest BCUT2D eigenvalue weighted by molar-refractivity contribution is 0.373. The predicted molar refractivity (Wildman–Crippen MR) is 116 cm³/mol. The molecule has 26 heavy (non-hydrogen) atoms. The van der Waals surface area contributed by atoms with Gasteiger partial charge in [-0.25, -0.2) is 0 Å². The number of halogens is 1. The smallest absolute Gasteiger partial charge is 0.228 e. The van der Waals surface area contributed by atoms with Crippen molar-refractivity contribution >= 4 is 29.9 Å². The van der Waals surface area contributed by atoms with Gasteiger partial charge in [0.05, 0.1) is 0 Å². The number of benzene rings is 1. The summed E-state index contributed by atoms with van der Waals surface area (Å²) in [5.74, 6) is 2.09. The number of aryl methyl sites for hydroxylation is 1. The second kappa shape index (κ2) is 11.2. The average molecular weight is 471 g/mol. The van der Waals surface area contributed by atoms with Crippen LogP contribution in [0.3, 0.4) is 0 Å². The zero-order chi connectivity index (χ0) is 18.1. The minimum atomic E-state index is 0. The summed E-state index contributed by atoms with van der Waals surface area (Å²) in [6.45, 7) is 7.83. The lowest BCUT2D eigenvalue weighted by atomic mass is 9.76. The molecule has 6 nitrogen and oxygen atoms in total. The summed E-state index contributed by atoms with van der Waals surface area (Å²) in [7, 11) is 1.79. The Morgan fingerprint density at radius 2 is 1.85 bits per heavy atom. The Balaban J connectivity index is 0.00000338. The summed E-state index contributed by atoms with van der Waals surface area (Å²) in [4.78, 5) is 8.52. The van der Waals surface area contributed by atoms with Gasteiger partial charge in [-0.05, 0) is 25.3 Å². The van der Waals surface area contributed by atoms with Gasteiger partial charge >= 0.3 is 0 Å². The summed E-state index contributed by atoms with van der Waals surface area (Å²) in [5, 5.41) is 10.6. The third kappa shape index (κ3) is 5.96. The van der Waals surface area contributed by atoms with Crippen molar-refractivity contribution in [3.05, 3.63) is 47.6 Å². The lowest BCUT2D eigenvalue weighted by Crippen LogP contribution is -2.45. The van der Waals surface area contributed by atoms with E-state index in [9.17, 15) is 0 Å². The standard InChI is InChI=1S/C19H29N5O.HI/c1-5-19(6-2,16-10-8-7-9-11-16)14-22-18(20-4)21-13-12-17-23-15(3)24-25-17;/h7-11H,5-6,12-14H2,1-4H3,(H2,20,21,22);1H. The molecule has 144 valence electrons.